The van der Waals surface area contributed by atoms with Gasteiger partial charge in [0.25, 0.3) is 0 Å². The SMILES string of the molecule is Cc1cc(Cl)c([N+](=O)[O-])cn1.Cl. The molecule has 12 heavy (non-hydrogen) atoms. The molecular weight excluding hydrogens is 203 g/mol. The van der Waals surface area contributed by atoms with Gasteiger partial charge in [0, 0.05) is 5.69 Å². The van der Waals surface area contributed by atoms with Crippen molar-refractivity contribution in [2.24, 2.45) is 0 Å². The molecular formula is C6H6Cl2N2O2. The summed E-state index contributed by atoms with van der Waals surface area (Å²) in [6.07, 6.45) is 1.15. The van der Waals surface area contributed by atoms with Crippen LogP contribution in [0.15, 0.2) is 12.3 Å². The van der Waals surface area contributed by atoms with Gasteiger partial charge in [-0.2, -0.15) is 0 Å². The molecule has 0 N–H and O–H groups in total. The highest BCUT2D eigenvalue weighted by atomic mass is 35.5. The average molecular weight is 209 g/mol. The lowest BCUT2D eigenvalue weighted by Crippen LogP contribution is -1.91. The van der Waals surface area contributed by atoms with Gasteiger partial charge in [-0.1, -0.05) is 11.6 Å². The first kappa shape index (κ1) is 11.1. The standard InChI is InChI=1S/C6H5ClN2O2.ClH/c1-4-2-5(7)6(3-8-4)9(10)11;/h2-3H,1H3;1H. The fraction of sp³-hybridized carbons (Fsp3) is 0.167. The van der Waals surface area contributed by atoms with Crippen molar-refractivity contribution in [1.29, 1.82) is 0 Å². The van der Waals surface area contributed by atoms with Crippen LogP contribution in [-0.2, 0) is 0 Å². The predicted molar refractivity (Wildman–Crippen MR) is 47.9 cm³/mol. The van der Waals surface area contributed by atoms with E-state index in [0.29, 0.717) is 5.69 Å². The van der Waals surface area contributed by atoms with E-state index in [1.807, 2.05) is 0 Å². The molecule has 0 radical (unpaired) electrons. The molecule has 4 nitrogen and oxygen atoms in total. The van der Waals surface area contributed by atoms with Crippen LogP contribution >= 0.6 is 24.0 Å². The number of halogens is 2. The Hall–Kier alpha value is -0.870. The van der Waals surface area contributed by atoms with E-state index in [-0.39, 0.29) is 23.1 Å². The molecule has 66 valence electrons. The monoisotopic (exact) mass is 208 g/mol. The van der Waals surface area contributed by atoms with E-state index in [9.17, 15) is 10.1 Å². The lowest BCUT2D eigenvalue weighted by Gasteiger charge is -1.94. The van der Waals surface area contributed by atoms with E-state index in [2.05, 4.69) is 4.98 Å². The van der Waals surface area contributed by atoms with Crippen molar-refractivity contribution in [3.63, 3.8) is 0 Å². The molecule has 0 spiro atoms. The van der Waals surface area contributed by atoms with Gasteiger partial charge in [0.1, 0.15) is 11.2 Å². The molecule has 1 aromatic heterocycles. The van der Waals surface area contributed by atoms with Crippen LogP contribution in [0.2, 0.25) is 5.02 Å². The van der Waals surface area contributed by atoms with Gasteiger partial charge in [0.2, 0.25) is 0 Å². The molecule has 0 saturated heterocycles. The van der Waals surface area contributed by atoms with E-state index in [0.717, 1.165) is 6.20 Å². The third kappa shape index (κ3) is 2.32. The molecule has 0 saturated carbocycles. The number of pyridine rings is 1. The molecule has 0 aliphatic carbocycles. The summed E-state index contributed by atoms with van der Waals surface area (Å²) in [6.45, 7) is 1.72. The minimum absolute atomic E-state index is 0. The van der Waals surface area contributed by atoms with Crippen LogP contribution in [0.3, 0.4) is 0 Å². The minimum atomic E-state index is -0.561. The van der Waals surface area contributed by atoms with Crippen LogP contribution < -0.4 is 0 Å². The number of nitro groups is 1. The molecule has 0 aliphatic heterocycles. The first-order valence-electron chi connectivity index (χ1n) is 2.88. The summed E-state index contributed by atoms with van der Waals surface area (Å²) in [6, 6.07) is 1.46. The van der Waals surface area contributed by atoms with Crippen molar-refractivity contribution < 1.29 is 4.92 Å². The third-order valence-electron chi connectivity index (χ3n) is 1.17. The second kappa shape index (κ2) is 4.23. The highest BCUT2D eigenvalue weighted by Crippen LogP contribution is 2.22. The van der Waals surface area contributed by atoms with E-state index in [4.69, 9.17) is 11.6 Å². The number of nitrogens with zero attached hydrogens (tertiary/aromatic N) is 2. The number of hydrogen-bond acceptors (Lipinski definition) is 3. The van der Waals surface area contributed by atoms with Crippen LogP contribution in [0.1, 0.15) is 5.69 Å². The van der Waals surface area contributed by atoms with Crippen LogP contribution in [0.4, 0.5) is 5.69 Å². The Morgan fingerprint density at radius 1 is 1.67 bits per heavy atom. The molecule has 0 amide bonds. The van der Waals surface area contributed by atoms with Gasteiger partial charge in [0.05, 0.1) is 4.92 Å². The van der Waals surface area contributed by atoms with E-state index < -0.39 is 4.92 Å². The first-order valence-corrected chi connectivity index (χ1v) is 3.25. The maximum atomic E-state index is 10.2. The van der Waals surface area contributed by atoms with E-state index in [1.165, 1.54) is 6.07 Å². The third-order valence-corrected chi connectivity index (χ3v) is 1.47. The Kier molecular flexibility index (Phi) is 3.92. The summed E-state index contributed by atoms with van der Waals surface area (Å²) in [5.74, 6) is 0. The van der Waals surface area contributed by atoms with Crippen molar-refractivity contribution in [2.45, 2.75) is 6.92 Å². The van der Waals surface area contributed by atoms with Gasteiger partial charge >= 0.3 is 5.69 Å². The molecule has 6 heteroatoms. The summed E-state index contributed by atoms with van der Waals surface area (Å²) >= 11 is 5.54. The smallest absolute Gasteiger partial charge is 0.258 e. The molecule has 1 heterocycles. The second-order valence-electron chi connectivity index (χ2n) is 2.03. The average Bonchev–Trinajstić information content (AvgIpc) is 1.85. The predicted octanol–water partition coefficient (Wildman–Crippen LogP) is 2.37. The summed E-state index contributed by atoms with van der Waals surface area (Å²) in [5, 5.41) is 10.3. The zero-order valence-corrected chi connectivity index (χ0v) is 7.72. The van der Waals surface area contributed by atoms with E-state index in [1.54, 1.807) is 6.92 Å². The van der Waals surface area contributed by atoms with Crippen LogP contribution in [0.25, 0.3) is 0 Å². The van der Waals surface area contributed by atoms with Crippen molar-refractivity contribution in [2.75, 3.05) is 0 Å². The van der Waals surface area contributed by atoms with Crippen molar-refractivity contribution in [1.82, 2.24) is 4.98 Å². The molecule has 1 rings (SSSR count). The van der Waals surface area contributed by atoms with Gasteiger partial charge in [-0.15, -0.1) is 12.4 Å². The molecule has 0 aliphatic rings. The maximum Gasteiger partial charge on any atom is 0.306 e. The van der Waals surface area contributed by atoms with Gasteiger partial charge in [-0.05, 0) is 13.0 Å². The lowest BCUT2D eigenvalue weighted by atomic mass is 10.3. The fourth-order valence-electron chi connectivity index (χ4n) is 0.654. The van der Waals surface area contributed by atoms with Gasteiger partial charge in [-0.25, -0.2) is 0 Å². The molecule has 1 aromatic rings. The van der Waals surface area contributed by atoms with Gasteiger partial charge in [0.15, 0.2) is 0 Å². The lowest BCUT2D eigenvalue weighted by molar-refractivity contribution is -0.385. The van der Waals surface area contributed by atoms with Gasteiger partial charge in [-0.3, -0.25) is 15.1 Å². The number of aromatic nitrogens is 1. The first-order chi connectivity index (χ1) is 5.11. The molecule has 0 unspecified atom stereocenters. The van der Waals surface area contributed by atoms with Crippen LogP contribution in [-0.4, -0.2) is 9.91 Å². The summed E-state index contributed by atoms with van der Waals surface area (Å²) in [5.41, 5.74) is 0.512. The zero-order valence-electron chi connectivity index (χ0n) is 6.15. The zero-order chi connectivity index (χ0) is 8.43. The Morgan fingerprint density at radius 2 is 2.25 bits per heavy atom. The summed E-state index contributed by atoms with van der Waals surface area (Å²) in [7, 11) is 0. The highest BCUT2D eigenvalue weighted by molar-refractivity contribution is 6.32. The largest absolute Gasteiger partial charge is 0.306 e. The van der Waals surface area contributed by atoms with Crippen molar-refractivity contribution >= 4 is 29.7 Å². The fourth-order valence-corrected chi connectivity index (χ4v) is 0.929. The Morgan fingerprint density at radius 3 is 2.67 bits per heavy atom. The summed E-state index contributed by atoms with van der Waals surface area (Å²) in [4.78, 5) is 13.4. The quantitative estimate of drug-likeness (QED) is 0.526. The molecule has 0 atom stereocenters. The number of hydrogen-bond donors (Lipinski definition) is 0. The summed E-state index contributed by atoms with van der Waals surface area (Å²) < 4.78 is 0. The Balaban J connectivity index is 0.00000121. The Labute approximate surface area is 80.1 Å². The van der Waals surface area contributed by atoms with Gasteiger partial charge < -0.3 is 0 Å². The topological polar surface area (TPSA) is 56.0 Å². The van der Waals surface area contributed by atoms with E-state index >= 15 is 0 Å². The minimum Gasteiger partial charge on any atom is -0.258 e. The highest BCUT2D eigenvalue weighted by Gasteiger charge is 2.11. The number of aryl methyl sites for hydroxylation is 1. The second-order valence-corrected chi connectivity index (χ2v) is 2.44. The molecule has 0 bridgehead atoms. The molecule has 0 fully saturated rings. The van der Waals surface area contributed by atoms with Crippen LogP contribution in [0, 0.1) is 17.0 Å². The maximum absolute atomic E-state index is 10.2. The van der Waals surface area contributed by atoms with Crippen LogP contribution in [0.5, 0.6) is 0 Å². The van der Waals surface area contributed by atoms with Crippen molar-refractivity contribution in [3.8, 4) is 0 Å². The van der Waals surface area contributed by atoms with Crippen molar-refractivity contribution in [3.05, 3.63) is 33.1 Å². The Bertz CT molecular complexity index is 304. The normalized spacial score (nSPS) is 8.83. The molecule has 0 aromatic carbocycles. The number of rotatable bonds is 1.